The Morgan fingerprint density at radius 2 is 1.81 bits per heavy atom. The van der Waals surface area contributed by atoms with E-state index in [4.69, 9.17) is 13.9 Å². The Balaban J connectivity index is 1.15. The first-order valence-electron chi connectivity index (χ1n) is 20.3. The lowest BCUT2D eigenvalue weighted by Gasteiger charge is -2.35. The number of hydrogen-bond donors (Lipinski definition) is 3. The van der Waals surface area contributed by atoms with Gasteiger partial charge in [0.2, 0.25) is 27.4 Å². The van der Waals surface area contributed by atoms with E-state index in [0.29, 0.717) is 23.9 Å². The van der Waals surface area contributed by atoms with Crippen LogP contribution in [0, 0.1) is 11.3 Å². The van der Waals surface area contributed by atoms with Gasteiger partial charge in [-0.1, -0.05) is 39.0 Å². The molecule has 1 saturated heterocycles. The fourth-order valence-electron chi connectivity index (χ4n) is 7.59. The number of ether oxygens (including phenoxy) is 2. The average Bonchev–Trinajstić information content (AvgIpc) is 4.07. The summed E-state index contributed by atoms with van der Waals surface area (Å²) in [6.07, 6.45) is -1.95. The van der Waals surface area contributed by atoms with Crippen LogP contribution < -0.4 is 20.1 Å². The molecule has 1 aliphatic heterocycles. The number of rotatable bonds is 14. The minimum atomic E-state index is -4.59. The van der Waals surface area contributed by atoms with Gasteiger partial charge in [-0.3, -0.25) is 24.1 Å². The highest BCUT2D eigenvalue weighted by atomic mass is 32.2. The Hall–Kier alpha value is -6.16. The number of benzene rings is 1. The molecule has 8 rings (SSSR count). The Morgan fingerprint density at radius 1 is 1.08 bits per heavy atom. The molecule has 2 saturated carbocycles. The van der Waals surface area contributed by atoms with E-state index in [0.717, 1.165) is 23.5 Å². The molecule has 0 radical (unpaired) electrons. The average molecular weight is 925 g/mol. The number of furan rings is 1. The number of sulfonamides is 1. The third kappa shape index (κ3) is 8.71. The van der Waals surface area contributed by atoms with Gasteiger partial charge >= 0.3 is 12.1 Å². The molecular weight excluding hydrogens is 882 g/mol. The number of carbonyl (C=O) groups is 4. The lowest BCUT2D eigenvalue weighted by molar-refractivity contribution is -0.141. The normalized spacial score (nSPS) is 21.6. The number of nitrogens with one attached hydrogen (secondary N) is 3. The zero-order valence-corrected chi connectivity index (χ0v) is 36.5. The molecule has 22 heteroatoms. The number of thiazole rings is 1. The minimum Gasteiger partial charge on any atom is -0.470 e. The molecule has 3 amide bonds. The summed E-state index contributed by atoms with van der Waals surface area (Å²) < 4.78 is 85.9. The molecule has 4 aromatic heterocycles. The van der Waals surface area contributed by atoms with Gasteiger partial charge in [-0.2, -0.15) is 18.2 Å². The molecule has 5 atom stereocenters. The highest BCUT2D eigenvalue weighted by molar-refractivity contribution is 7.91. The van der Waals surface area contributed by atoms with E-state index < -0.39 is 85.8 Å². The molecule has 0 spiro atoms. The molecule has 2 aliphatic carbocycles. The van der Waals surface area contributed by atoms with Crippen molar-refractivity contribution in [1.82, 2.24) is 34.9 Å². The Bertz CT molecular complexity index is 2790. The summed E-state index contributed by atoms with van der Waals surface area (Å²) >= 11 is 1.07. The molecular formula is C42H43F3N8O9S2. The van der Waals surface area contributed by atoms with E-state index in [9.17, 15) is 40.8 Å². The molecule has 0 bridgehead atoms. The molecule has 3 fully saturated rings. The van der Waals surface area contributed by atoms with Crippen LogP contribution in [0.4, 0.5) is 18.3 Å². The van der Waals surface area contributed by atoms with Gasteiger partial charge in [-0.05, 0) is 55.9 Å². The zero-order chi connectivity index (χ0) is 45.9. The number of amides is 3. The summed E-state index contributed by atoms with van der Waals surface area (Å²) in [6.45, 7) is 10.7. The van der Waals surface area contributed by atoms with Crippen LogP contribution in [-0.2, 0) is 35.3 Å². The van der Waals surface area contributed by atoms with Crippen molar-refractivity contribution in [3.05, 3.63) is 71.9 Å². The van der Waals surface area contributed by atoms with E-state index in [2.05, 4.69) is 41.9 Å². The van der Waals surface area contributed by atoms with Crippen molar-refractivity contribution in [3.8, 4) is 17.3 Å². The predicted octanol–water partition coefficient (Wildman–Crippen LogP) is 5.63. The SMILES string of the molecule is C=C[C@@H]1C[C@]1(NC(=O)[C@@H]1C[C@@H](Oc2nc(-c3ccc(C(F)(F)F)cc3)nc3c2oc2cccnc23)CN1C(=O)[C@@H](Nc1nc(C(=O)OCC)cs1)C(C)(C)C)C(=O)NS(=O)(=O)C1CC1. The number of likely N-dealkylation sites (tertiary alicyclic amines) is 1. The van der Waals surface area contributed by atoms with Crippen LogP contribution in [0.3, 0.4) is 0 Å². The largest absolute Gasteiger partial charge is 0.470 e. The van der Waals surface area contributed by atoms with Crippen LogP contribution >= 0.6 is 11.3 Å². The lowest BCUT2D eigenvalue weighted by atomic mass is 9.85. The first-order chi connectivity index (χ1) is 30.2. The first-order valence-corrected chi connectivity index (χ1v) is 22.7. The quantitative estimate of drug-likeness (QED) is 0.0907. The lowest BCUT2D eigenvalue weighted by Crippen LogP contribution is -2.58. The fraction of sp³-hybridized carbons (Fsp3) is 0.429. The summed E-state index contributed by atoms with van der Waals surface area (Å²) in [5.41, 5.74) is -2.28. The van der Waals surface area contributed by atoms with Gasteiger partial charge in [0.1, 0.15) is 34.8 Å². The number of fused-ring (bicyclic) bond motifs is 3. The Labute approximate surface area is 368 Å². The zero-order valence-electron chi connectivity index (χ0n) is 34.9. The third-order valence-corrected chi connectivity index (χ3v) is 13.8. The van der Waals surface area contributed by atoms with E-state index in [1.54, 1.807) is 39.8 Å². The van der Waals surface area contributed by atoms with E-state index >= 15 is 0 Å². The Morgan fingerprint density at radius 3 is 2.45 bits per heavy atom. The number of esters is 1. The number of alkyl halides is 3. The van der Waals surface area contributed by atoms with Crippen LogP contribution in [0.2, 0.25) is 0 Å². The van der Waals surface area contributed by atoms with Gasteiger partial charge < -0.3 is 29.4 Å². The van der Waals surface area contributed by atoms with E-state index in [1.165, 1.54) is 34.7 Å². The van der Waals surface area contributed by atoms with Crippen molar-refractivity contribution in [2.75, 3.05) is 18.5 Å². The smallest absolute Gasteiger partial charge is 0.416 e. The summed E-state index contributed by atoms with van der Waals surface area (Å²) in [4.78, 5) is 74.8. The molecule has 0 unspecified atom stereocenters. The van der Waals surface area contributed by atoms with Crippen LogP contribution in [0.1, 0.15) is 69.4 Å². The number of hydrogen-bond acceptors (Lipinski definition) is 15. The topological polar surface area (TPSA) is 225 Å². The van der Waals surface area contributed by atoms with Gasteiger partial charge in [-0.25, -0.2) is 23.2 Å². The van der Waals surface area contributed by atoms with Crippen molar-refractivity contribution in [1.29, 1.82) is 0 Å². The standard InChI is InChI=1S/C42H43F3N8O9S2/c1-6-22-18-41(22,38(57)52-64(58,59)25-14-15-25)51-34(54)27-17-24(19-53(27)36(55)32(40(3,4)5)49-39-47-26(20-63-39)37(56)60-7-2)61-35-31-30(29-28(62-31)9-8-16-46-29)48-33(50-35)21-10-12-23(13-11-21)42(43,44)45/h6,8-13,16,20,22,24-25,27,32H,1,7,14-15,17-19H2,2-5H3,(H,47,49)(H,51,54)(H,52,57)/t22-,24-,27+,32-,41-/m1/s1. The summed E-state index contributed by atoms with van der Waals surface area (Å²) in [5, 5.41) is 6.88. The molecule has 338 valence electrons. The molecule has 5 aromatic rings. The summed E-state index contributed by atoms with van der Waals surface area (Å²) in [5.74, 6) is -3.72. The highest BCUT2D eigenvalue weighted by Crippen LogP contribution is 2.46. The van der Waals surface area contributed by atoms with E-state index in [1.807, 2.05) is 0 Å². The van der Waals surface area contributed by atoms with Crippen LogP contribution in [0.5, 0.6) is 5.88 Å². The fourth-order valence-corrected chi connectivity index (χ4v) is 9.66. The number of nitrogens with zero attached hydrogens (tertiary/aromatic N) is 5. The second-order valence-corrected chi connectivity index (χ2v) is 19.7. The minimum absolute atomic E-state index is 0.0225. The second kappa shape index (κ2) is 16.4. The maximum absolute atomic E-state index is 14.9. The van der Waals surface area contributed by atoms with Gasteiger partial charge in [0.25, 0.3) is 11.8 Å². The van der Waals surface area contributed by atoms with Crippen molar-refractivity contribution < 1.29 is 54.7 Å². The maximum atomic E-state index is 14.9. The number of carbonyl (C=O) groups excluding carboxylic acids is 4. The second-order valence-electron chi connectivity index (χ2n) is 16.9. The molecule has 64 heavy (non-hydrogen) atoms. The first kappa shape index (κ1) is 44.4. The summed E-state index contributed by atoms with van der Waals surface area (Å²) in [7, 11) is -4.00. The van der Waals surface area contributed by atoms with Crippen LogP contribution in [0.15, 0.2) is 65.0 Å². The Kier molecular flexibility index (Phi) is 11.4. The predicted molar refractivity (Wildman–Crippen MR) is 226 cm³/mol. The summed E-state index contributed by atoms with van der Waals surface area (Å²) in [6, 6.07) is 5.12. The third-order valence-electron chi connectivity index (χ3n) is 11.3. The number of anilines is 1. The van der Waals surface area contributed by atoms with Crippen LogP contribution in [0.25, 0.3) is 33.6 Å². The molecule has 5 heterocycles. The van der Waals surface area contributed by atoms with Gasteiger partial charge in [0, 0.05) is 29.5 Å². The number of pyridine rings is 1. The van der Waals surface area contributed by atoms with Crippen molar-refractivity contribution >= 4 is 72.4 Å². The van der Waals surface area contributed by atoms with Gasteiger partial charge in [0.15, 0.2) is 22.2 Å². The maximum Gasteiger partial charge on any atom is 0.416 e. The molecule has 3 N–H and O–H groups in total. The highest BCUT2D eigenvalue weighted by Gasteiger charge is 2.62. The monoisotopic (exact) mass is 924 g/mol. The molecule has 1 aromatic carbocycles. The molecule has 3 aliphatic rings. The molecule has 17 nitrogen and oxygen atoms in total. The van der Waals surface area contributed by atoms with E-state index in [-0.39, 0.29) is 65.2 Å². The van der Waals surface area contributed by atoms with Crippen molar-refractivity contribution in [3.63, 3.8) is 0 Å². The number of aromatic nitrogens is 4. The number of halogens is 3. The van der Waals surface area contributed by atoms with Crippen molar-refractivity contribution in [2.45, 2.75) is 88.5 Å². The van der Waals surface area contributed by atoms with Crippen molar-refractivity contribution in [2.24, 2.45) is 11.3 Å². The van der Waals surface area contributed by atoms with Gasteiger partial charge in [-0.15, -0.1) is 17.9 Å². The van der Waals surface area contributed by atoms with Gasteiger partial charge in [0.05, 0.1) is 24.0 Å². The van der Waals surface area contributed by atoms with Crippen LogP contribution in [-0.4, -0.2) is 99.1 Å².